The highest BCUT2D eigenvalue weighted by molar-refractivity contribution is 6.05. The minimum Gasteiger partial charge on any atom is -0.357 e. The molecular weight excluding hydrogens is 318 g/mol. The molecule has 1 aliphatic heterocycles. The number of nitrogens with one attached hydrogen (secondary N) is 1. The van der Waals surface area contributed by atoms with Crippen LogP contribution in [0.15, 0.2) is 41.8 Å². The predicted octanol–water partition coefficient (Wildman–Crippen LogP) is 1.68. The number of amides is 1. The summed E-state index contributed by atoms with van der Waals surface area (Å²) in [6.45, 7) is 1.35. The maximum atomic E-state index is 13.0. The molecule has 4 rings (SSSR count). The van der Waals surface area contributed by atoms with Gasteiger partial charge in [0.05, 0.1) is 11.3 Å². The maximum absolute atomic E-state index is 13.0. The third kappa shape index (κ3) is 2.71. The van der Waals surface area contributed by atoms with Gasteiger partial charge >= 0.3 is 0 Å². The molecule has 0 aliphatic carbocycles. The van der Waals surface area contributed by atoms with Crippen molar-refractivity contribution in [3.63, 3.8) is 0 Å². The van der Waals surface area contributed by atoms with Crippen molar-refractivity contribution >= 4 is 16.8 Å². The second-order valence-corrected chi connectivity index (χ2v) is 6.42. The molecule has 1 aliphatic rings. The molecule has 0 radical (unpaired) electrons. The van der Waals surface area contributed by atoms with Gasteiger partial charge in [0.15, 0.2) is 0 Å². The Labute approximate surface area is 144 Å². The van der Waals surface area contributed by atoms with Crippen molar-refractivity contribution in [3.8, 4) is 0 Å². The van der Waals surface area contributed by atoms with Gasteiger partial charge in [0, 0.05) is 62.4 Å². The van der Waals surface area contributed by atoms with E-state index >= 15 is 0 Å². The van der Waals surface area contributed by atoms with E-state index in [1.807, 2.05) is 4.90 Å². The Kier molecular flexibility index (Phi) is 3.83. The molecule has 0 aromatic carbocycles. The lowest BCUT2D eigenvalue weighted by Gasteiger charge is -2.31. The number of aromatic nitrogens is 4. The summed E-state index contributed by atoms with van der Waals surface area (Å²) in [5, 5.41) is 0.684. The Balaban J connectivity index is 1.56. The zero-order chi connectivity index (χ0) is 17.4. The smallest absolute Gasteiger partial charge is 0.274 e. The zero-order valence-electron chi connectivity index (χ0n) is 14.0. The molecule has 25 heavy (non-hydrogen) atoms. The maximum Gasteiger partial charge on any atom is 0.274 e. The van der Waals surface area contributed by atoms with Gasteiger partial charge in [0.25, 0.3) is 11.5 Å². The molecule has 3 aromatic heterocycles. The standard InChI is InChI=1S/C18H19N5O2/c1-22-11-14(13-2-5-21-16(13)18(22)25)17(24)23-8-3-12(4-9-23)15-10-19-6-7-20-15/h2,5-7,10-12,21H,3-4,8-9H2,1H3. The number of hydrogen-bond donors (Lipinski definition) is 1. The van der Waals surface area contributed by atoms with Crippen LogP contribution in [-0.2, 0) is 7.05 Å². The molecule has 128 valence electrons. The van der Waals surface area contributed by atoms with E-state index in [4.69, 9.17) is 0 Å². The monoisotopic (exact) mass is 337 g/mol. The van der Waals surface area contributed by atoms with Crippen LogP contribution in [0.2, 0.25) is 0 Å². The highest BCUT2D eigenvalue weighted by Crippen LogP contribution is 2.27. The fourth-order valence-electron chi connectivity index (χ4n) is 3.51. The van der Waals surface area contributed by atoms with Crippen LogP contribution in [0, 0.1) is 0 Å². The van der Waals surface area contributed by atoms with Gasteiger partial charge in [-0.25, -0.2) is 0 Å². The van der Waals surface area contributed by atoms with E-state index < -0.39 is 0 Å². The molecule has 1 amide bonds. The van der Waals surface area contributed by atoms with Gasteiger partial charge in [0.2, 0.25) is 0 Å². The van der Waals surface area contributed by atoms with Gasteiger partial charge in [-0.1, -0.05) is 0 Å². The lowest BCUT2D eigenvalue weighted by atomic mass is 9.93. The van der Waals surface area contributed by atoms with E-state index in [1.54, 1.807) is 44.1 Å². The first kappa shape index (κ1) is 15.6. The molecule has 0 bridgehead atoms. The molecule has 1 saturated heterocycles. The minimum atomic E-state index is -0.127. The zero-order valence-corrected chi connectivity index (χ0v) is 14.0. The Bertz CT molecular complexity index is 968. The van der Waals surface area contributed by atoms with Crippen LogP contribution in [0.25, 0.3) is 10.9 Å². The number of aromatic amines is 1. The Hall–Kier alpha value is -2.96. The Morgan fingerprint density at radius 1 is 1.28 bits per heavy atom. The van der Waals surface area contributed by atoms with Gasteiger partial charge in [-0.2, -0.15) is 0 Å². The normalized spacial score (nSPS) is 15.6. The number of hydrogen-bond acceptors (Lipinski definition) is 4. The molecule has 3 aromatic rings. The van der Waals surface area contributed by atoms with Crippen LogP contribution in [0.5, 0.6) is 0 Å². The largest absolute Gasteiger partial charge is 0.357 e. The summed E-state index contributed by atoms with van der Waals surface area (Å²) in [6, 6.07) is 1.79. The Morgan fingerprint density at radius 3 is 2.80 bits per heavy atom. The summed E-state index contributed by atoms with van der Waals surface area (Å²) >= 11 is 0. The van der Waals surface area contributed by atoms with E-state index in [2.05, 4.69) is 15.0 Å². The summed E-state index contributed by atoms with van der Waals surface area (Å²) in [5.41, 5.74) is 1.90. The SMILES string of the molecule is Cn1cc(C(=O)N2CCC(c3cnccn3)CC2)c2cc[nH]c2c1=O. The van der Waals surface area contributed by atoms with Crippen LogP contribution in [-0.4, -0.2) is 43.4 Å². The van der Waals surface area contributed by atoms with E-state index in [-0.39, 0.29) is 11.5 Å². The van der Waals surface area contributed by atoms with Crippen molar-refractivity contribution in [1.29, 1.82) is 0 Å². The minimum absolute atomic E-state index is 0.0298. The number of likely N-dealkylation sites (tertiary alicyclic amines) is 1. The van der Waals surface area contributed by atoms with Crippen LogP contribution < -0.4 is 5.56 Å². The lowest BCUT2D eigenvalue weighted by molar-refractivity contribution is 0.0713. The van der Waals surface area contributed by atoms with Crippen LogP contribution >= 0.6 is 0 Å². The number of piperidine rings is 1. The van der Waals surface area contributed by atoms with Crippen molar-refractivity contribution < 1.29 is 4.79 Å². The van der Waals surface area contributed by atoms with Crippen molar-refractivity contribution in [1.82, 2.24) is 24.4 Å². The molecule has 7 nitrogen and oxygen atoms in total. The van der Waals surface area contributed by atoms with Gasteiger partial charge in [-0.3, -0.25) is 19.6 Å². The number of aryl methyl sites for hydroxylation is 1. The first-order valence-corrected chi connectivity index (χ1v) is 8.37. The fraction of sp³-hybridized carbons (Fsp3) is 0.333. The third-order valence-corrected chi connectivity index (χ3v) is 4.91. The van der Waals surface area contributed by atoms with E-state index in [0.29, 0.717) is 35.5 Å². The third-order valence-electron chi connectivity index (χ3n) is 4.91. The summed E-state index contributed by atoms with van der Waals surface area (Å²) < 4.78 is 1.46. The average Bonchev–Trinajstić information content (AvgIpc) is 3.15. The number of carbonyl (C=O) groups is 1. The van der Waals surface area contributed by atoms with Crippen LogP contribution in [0.1, 0.15) is 34.8 Å². The number of rotatable bonds is 2. The average molecular weight is 337 g/mol. The van der Waals surface area contributed by atoms with Gasteiger partial charge in [-0.15, -0.1) is 0 Å². The fourth-order valence-corrected chi connectivity index (χ4v) is 3.51. The Morgan fingerprint density at radius 2 is 2.08 bits per heavy atom. The molecule has 0 unspecified atom stereocenters. The van der Waals surface area contributed by atoms with E-state index in [9.17, 15) is 9.59 Å². The van der Waals surface area contributed by atoms with Gasteiger partial charge in [0.1, 0.15) is 5.52 Å². The van der Waals surface area contributed by atoms with Crippen LogP contribution in [0.4, 0.5) is 0 Å². The molecule has 4 heterocycles. The number of carbonyl (C=O) groups excluding carboxylic acids is 1. The molecule has 0 spiro atoms. The summed E-state index contributed by atoms with van der Waals surface area (Å²) in [6.07, 6.45) is 10.3. The second kappa shape index (κ2) is 6.16. The number of H-pyrrole nitrogens is 1. The quantitative estimate of drug-likeness (QED) is 0.771. The predicted molar refractivity (Wildman–Crippen MR) is 93.5 cm³/mol. The van der Waals surface area contributed by atoms with E-state index in [0.717, 1.165) is 18.5 Å². The number of fused-ring (bicyclic) bond motifs is 1. The topological polar surface area (TPSA) is 83.9 Å². The number of pyridine rings is 1. The van der Waals surface area contributed by atoms with Crippen molar-refractivity contribution in [2.75, 3.05) is 13.1 Å². The van der Waals surface area contributed by atoms with Gasteiger partial charge < -0.3 is 14.5 Å². The molecule has 0 saturated carbocycles. The summed E-state index contributed by atoms with van der Waals surface area (Å²) in [4.78, 5) is 38.4. The van der Waals surface area contributed by atoms with Crippen LogP contribution in [0.3, 0.4) is 0 Å². The van der Waals surface area contributed by atoms with Crippen molar-refractivity contribution in [2.24, 2.45) is 7.05 Å². The summed E-state index contributed by atoms with van der Waals surface area (Å²) in [7, 11) is 1.67. The number of nitrogens with zero attached hydrogens (tertiary/aromatic N) is 4. The molecule has 7 heteroatoms. The molecule has 1 fully saturated rings. The highest BCUT2D eigenvalue weighted by Gasteiger charge is 2.27. The van der Waals surface area contributed by atoms with Crippen molar-refractivity contribution in [2.45, 2.75) is 18.8 Å². The van der Waals surface area contributed by atoms with E-state index in [1.165, 1.54) is 4.57 Å². The first-order chi connectivity index (χ1) is 12.1. The molecule has 1 N–H and O–H groups in total. The highest BCUT2D eigenvalue weighted by atomic mass is 16.2. The lowest BCUT2D eigenvalue weighted by Crippen LogP contribution is -2.38. The molecule has 0 atom stereocenters. The summed E-state index contributed by atoms with van der Waals surface area (Å²) in [5.74, 6) is 0.308. The van der Waals surface area contributed by atoms with Crippen molar-refractivity contribution in [3.05, 3.63) is 58.7 Å². The second-order valence-electron chi connectivity index (χ2n) is 6.42. The van der Waals surface area contributed by atoms with Gasteiger partial charge in [-0.05, 0) is 18.9 Å². The first-order valence-electron chi connectivity index (χ1n) is 8.37. The molecular formula is C18H19N5O2.